The SMILES string of the molecule is NC(=O)C(C1=NCC[C@@H](C2CCN(C(=O)c3cn(CCOCCOCCOCCOCCNc4ccc5c(c4)COCN(C4CCC(=O)NC4=O)C5=O)nn3)CC2)N1)=C(N)c1ccc(Oc2ccccc2)cc1. The Balaban J connectivity index is 0.646. The lowest BCUT2D eigenvalue weighted by Crippen LogP contribution is -2.54. The van der Waals surface area contributed by atoms with Gasteiger partial charge in [0.05, 0.1) is 77.9 Å². The largest absolute Gasteiger partial charge is 0.457 e. The minimum Gasteiger partial charge on any atom is -0.457 e. The van der Waals surface area contributed by atoms with E-state index < -0.39 is 17.9 Å². The minimum absolute atomic E-state index is 0.0268. The number of nitrogens with one attached hydrogen (secondary N) is 3. The van der Waals surface area contributed by atoms with Crippen LogP contribution in [0.3, 0.4) is 0 Å². The first-order valence-electron chi connectivity index (χ1n) is 24.6. The summed E-state index contributed by atoms with van der Waals surface area (Å²) in [7, 11) is 0. The van der Waals surface area contributed by atoms with Crippen LogP contribution in [0.15, 0.2) is 89.6 Å². The molecule has 1 aromatic heterocycles. The second kappa shape index (κ2) is 25.9. The Hall–Kier alpha value is -7.24. The molecule has 22 nitrogen and oxygen atoms in total. The van der Waals surface area contributed by atoms with Gasteiger partial charge in [0.25, 0.3) is 17.7 Å². The second-order valence-corrected chi connectivity index (χ2v) is 17.8. The zero-order valence-electron chi connectivity index (χ0n) is 40.7. The van der Waals surface area contributed by atoms with E-state index in [1.165, 1.54) is 4.90 Å². The van der Waals surface area contributed by atoms with Crippen LogP contribution in [-0.4, -0.2) is 158 Å². The van der Waals surface area contributed by atoms with E-state index in [0.29, 0.717) is 120 Å². The standard InChI is InChI=1S/C51H63N11O11/c52-46(35-6-9-39(10-7-35)73-38-4-2-1-3-5-38)45(47(53)64)48-55-17-14-41(56-48)34-15-19-60(20-16-34)51(67)42-31-61(59-58-42)21-23-69-25-27-71-29-28-70-26-24-68-22-18-54-37-8-11-40-36(30-37)32-72-33-62(50(40)66)43-12-13-44(63)57-49(43)65/h1-11,30-31,34,41,43,54H,12-29,32-33,52H2,(H2,53,64)(H,55,56)(H,57,63,65)/t41-,43?/m0/s1. The number of piperidine rings is 2. The van der Waals surface area contributed by atoms with Crippen molar-refractivity contribution < 1.29 is 52.4 Å². The van der Waals surface area contributed by atoms with Gasteiger partial charge in [-0.1, -0.05) is 23.4 Å². The number of primary amides is 1. The smallest absolute Gasteiger partial charge is 0.276 e. The summed E-state index contributed by atoms with van der Waals surface area (Å²) in [6.45, 7) is 6.01. The van der Waals surface area contributed by atoms with E-state index in [9.17, 15) is 24.0 Å². The first-order valence-corrected chi connectivity index (χ1v) is 24.6. The molecule has 5 amide bonds. The van der Waals surface area contributed by atoms with Crippen molar-refractivity contribution in [2.75, 3.05) is 91.1 Å². The average molecular weight is 1010 g/mol. The number of aliphatic imine (C=N–C) groups is 1. The fourth-order valence-electron chi connectivity index (χ4n) is 9.03. The number of para-hydroxylation sites is 1. The van der Waals surface area contributed by atoms with E-state index in [1.807, 2.05) is 36.4 Å². The third kappa shape index (κ3) is 14.3. The van der Waals surface area contributed by atoms with Crippen LogP contribution in [0.2, 0.25) is 0 Å². The molecule has 8 rings (SSSR count). The highest BCUT2D eigenvalue weighted by Gasteiger charge is 2.37. The van der Waals surface area contributed by atoms with Crippen molar-refractivity contribution >= 4 is 46.8 Å². The zero-order chi connectivity index (χ0) is 50.9. The molecule has 0 bridgehead atoms. The van der Waals surface area contributed by atoms with E-state index in [1.54, 1.807) is 52.2 Å². The first kappa shape index (κ1) is 52.1. The summed E-state index contributed by atoms with van der Waals surface area (Å²) >= 11 is 0. The van der Waals surface area contributed by atoms with Crippen LogP contribution in [0.4, 0.5) is 5.69 Å². The van der Waals surface area contributed by atoms with Gasteiger partial charge in [-0.3, -0.25) is 34.3 Å². The van der Waals surface area contributed by atoms with E-state index in [4.69, 9.17) is 39.9 Å². The highest BCUT2D eigenvalue weighted by atomic mass is 16.6. The van der Waals surface area contributed by atoms with Gasteiger partial charge in [0.2, 0.25) is 11.8 Å². The van der Waals surface area contributed by atoms with Gasteiger partial charge >= 0.3 is 0 Å². The van der Waals surface area contributed by atoms with Gasteiger partial charge in [0, 0.05) is 49.9 Å². The van der Waals surface area contributed by atoms with Crippen LogP contribution >= 0.6 is 0 Å². The molecule has 0 radical (unpaired) electrons. The summed E-state index contributed by atoms with van der Waals surface area (Å²) in [5.41, 5.74) is 15.7. The Morgan fingerprint density at radius 1 is 0.808 bits per heavy atom. The van der Waals surface area contributed by atoms with Gasteiger partial charge in [-0.15, -0.1) is 5.10 Å². The number of likely N-dealkylation sites (tertiary alicyclic amines) is 1. The number of fused-ring (bicyclic) bond motifs is 1. The number of anilines is 1. The maximum absolute atomic E-state index is 13.4. The van der Waals surface area contributed by atoms with E-state index in [0.717, 1.165) is 24.9 Å². The summed E-state index contributed by atoms with van der Waals surface area (Å²) in [5, 5.41) is 17.3. The van der Waals surface area contributed by atoms with Gasteiger partial charge in [0.15, 0.2) is 5.69 Å². The Kier molecular flexibility index (Phi) is 18.5. The number of amidine groups is 1. The van der Waals surface area contributed by atoms with Crippen LogP contribution in [0.1, 0.15) is 64.1 Å². The lowest BCUT2D eigenvalue weighted by atomic mass is 9.86. The van der Waals surface area contributed by atoms with Crippen molar-refractivity contribution in [1.82, 2.24) is 35.4 Å². The number of nitrogens with zero attached hydrogens (tertiary/aromatic N) is 6. The number of carbonyl (C=O) groups is 5. The quantitative estimate of drug-likeness (QED) is 0.0383. The molecular weight excluding hydrogens is 943 g/mol. The highest BCUT2D eigenvalue weighted by molar-refractivity contribution is 6.25. The van der Waals surface area contributed by atoms with E-state index >= 15 is 0 Å². The fraction of sp³-hybridized carbons (Fsp3) is 0.451. The maximum Gasteiger partial charge on any atom is 0.276 e. The Morgan fingerprint density at radius 3 is 2.22 bits per heavy atom. The topological polar surface area (TPSA) is 278 Å². The number of aromatic nitrogens is 3. The number of hydrogen-bond donors (Lipinski definition) is 5. The number of amides is 5. The molecule has 7 N–H and O–H groups in total. The normalized spacial score (nSPS) is 18.7. The molecule has 1 unspecified atom stereocenters. The number of hydrogen-bond acceptors (Lipinski definition) is 17. The number of imide groups is 1. The highest BCUT2D eigenvalue weighted by Crippen LogP contribution is 2.29. The molecule has 388 valence electrons. The zero-order valence-corrected chi connectivity index (χ0v) is 40.7. The summed E-state index contributed by atoms with van der Waals surface area (Å²) in [6.07, 6.45) is 4.38. The summed E-state index contributed by atoms with van der Waals surface area (Å²) in [4.78, 5) is 71.1. The fourth-order valence-corrected chi connectivity index (χ4v) is 9.03. The molecule has 0 spiro atoms. The number of benzene rings is 3. The molecular formula is C51H63N11O11. The third-order valence-electron chi connectivity index (χ3n) is 12.9. The van der Waals surface area contributed by atoms with E-state index in [2.05, 4.69) is 31.3 Å². The van der Waals surface area contributed by atoms with Crippen molar-refractivity contribution in [2.24, 2.45) is 22.4 Å². The van der Waals surface area contributed by atoms with Crippen LogP contribution < -0.4 is 32.2 Å². The van der Waals surface area contributed by atoms with Gasteiger partial charge in [-0.05, 0) is 97.3 Å². The predicted octanol–water partition coefficient (Wildman–Crippen LogP) is 2.45. The molecule has 4 aliphatic rings. The molecule has 4 aliphatic heterocycles. The molecule has 2 atom stereocenters. The Morgan fingerprint density at radius 2 is 1.51 bits per heavy atom. The summed E-state index contributed by atoms with van der Waals surface area (Å²) in [5.74, 6) is -0.0183. The molecule has 22 heteroatoms. The van der Waals surface area contributed by atoms with Crippen LogP contribution in [0.5, 0.6) is 11.5 Å². The van der Waals surface area contributed by atoms with Crippen molar-refractivity contribution in [1.29, 1.82) is 0 Å². The average Bonchev–Trinajstić information content (AvgIpc) is 3.82. The molecule has 4 aromatic rings. The molecule has 3 aromatic carbocycles. The number of carbonyl (C=O) groups excluding carboxylic acids is 5. The molecule has 2 saturated heterocycles. The van der Waals surface area contributed by atoms with Crippen LogP contribution in [-0.2, 0) is 51.2 Å². The lowest BCUT2D eigenvalue weighted by Gasteiger charge is -2.38. The van der Waals surface area contributed by atoms with Gasteiger partial charge < -0.3 is 60.3 Å². The lowest BCUT2D eigenvalue weighted by molar-refractivity contribution is -0.138. The third-order valence-corrected chi connectivity index (χ3v) is 12.9. The molecule has 0 aliphatic carbocycles. The Labute approximate surface area is 422 Å². The minimum atomic E-state index is -0.746. The molecule has 5 heterocycles. The van der Waals surface area contributed by atoms with Crippen molar-refractivity contribution in [3.05, 3.63) is 107 Å². The summed E-state index contributed by atoms with van der Waals surface area (Å²) < 4.78 is 35.8. The van der Waals surface area contributed by atoms with Gasteiger partial charge in [0.1, 0.15) is 35.7 Å². The monoisotopic (exact) mass is 1010 g/mol. The first-order chi connectivity index (χ1) is 35.6. The van der Waals surface area contributed by atoms with Crippen molar-refractivity contribution in [2.45, 2.75) is 57.3 Å². The predicted molar refractivity (Wildman–Crippen MR) is 266 cm³/mol. The molecule has 73 heavy (non-hydrogen) atoms. The van der Waals surface area contributed by atoms with Crippen molar-refractivity contribution in [3.63, 3.8) is 0 Å². The Bertz CT molecular complexity index is 2600. The van der Waals surface area contributed by atoms with Crippen LogP contribution in [0.25, 0.3) is 5.70 Å². The number of ether oxygens (including phenoxy) is 6. The van der Waals surface area contributed by atoms with Crippen LogP contribution in [0, 0.1) is 5.92 Å². The van der Waals surface area contributed by atoms with E-state index in [-0.39, 0.29) is 72.8 Å². The molecule has 2 fully saturated rings. The van der Waals surface area contributed by atoms with Gasteiger partial charge in [-0.2, -0.15) is 0 Å². The second-order valence-electron chi connectivity index (χ2n) is 17.8. The summed E-state index contributed by atoms with van der Waals surface area (Å²) in [6, 6.07) is 21.2. The number of nitrogens with two attached hydrogens (primary N) is 2. The van der Waals surface area contributed by atoms with Crippen molar-refractivity contribution in [3.8, 4) is 11.5 Å². The maximum atomic E-state index is 13.4. The number of rotatable bonds is 24. The molecule has 0 saturated carbocycles. The van der Waals surface area contributed by atoms with Gasteiger partial charge in [-0.25, -0.2) is 4.68 Å².